The number of nitrogens with zero attached hydrogens (tertiary/aromatic N) is 3. The van der Waals surface area contributed by atoms with Crippen LogP contribution in [0.1, 0.15) is 35.2 Å². The Morgan fingerprint density at radius 1 is 1.19 bits per heavy atom. The summed E-state index contributed by atoms with van der Waals surface area (Å²) in [6.45, 7) is 6.46. The van der Waals surface area contributed by atoms with E-state index in [0.29, 0.717) is 6.04 Å². The van der Waals surface area contributed by atoms with Crippen molar-refractivity contribution in [3.63, 3.8) is 0 Å². The Labute approximate surface area is 126 Å². The second-order valence-electron chi connectivity index (χ2n) is 6.70. The van der Waals surface area contributed by atoms with Crippen LogP contribution in [0, 0.1) is 25.7 Å². The van der Waals surface area contributed by atoms with Gasteiger partial charge in [0.2, 0.25) is 0 Å². The monoisotopic (exact) mass is 281 g/mol. The average molecular weight is 281 g/mol. The van der Waals surface area contributed by atoms with Gasteiger partial charge in [0, 0.05) is 25.3 Å². The van der Waals surface area contributed by atoms with Crippen molar-refractivity contribution < 1.29 is 0 Å². The fraction of sp³-hybridized carbons (Fsp3) is 0.500. The quantitative estimate of drug-likeness (QED) is 0.861. The Morgan fingerprint density at radius 3 is 2.62 bits per heavy atom. The number of likely N-dealkylation sites (tertiary alicyclic amines) is 1. The summed E-state index contributed by atoms with van der Waals surface area (Å²) < 4.78 is 2.25. The number of fused-ring (bicyclic) bond motifs is 1. The van der Waals surface area contributed by atoms with Crippen LogP contribution >= 0.6 is 0 Å². The van der Waals surface area contributed by atoms with Crippen molar-refractivity contribution in [2.75, 3.05) is 6.54 Å². The molecule has 110 valence electrons. The molecule has 3 heteroatoms. The van der Waals surface area contributed by atoms with Gasteiger partial charge in [0.05, 0.1) is 12.2 Å². The molecule has 1 aromatic carbocycles. The third-order valence-corrected chi connectivity index (χ3v) is 5.44. The molecule has 1 saturated heterocycles. The van der Waals surface area contributed by atoms with Gasteiger partial charge in [-0.3, -0.25) is 4.90 Å². The fourth-order valence-electron chi connectivity index (χ4n) is 3.93. The summed E-state index contributed by atoms with van der Waals surface area (Å²) >= 11 is 0. The third kappa shape index (κ3) is 2.11. The summed E-state index contributed by atoms with van der Waals surface area (Å²) in [5.74, 6) is 2.99. The molecule has 2 aliphatic rings. The molecule has 0 amide bonds. The minimum absolute atomic E-state index is 0.591. The predicted octanol–water partition coefficient (Wildman–Crippen LogP) is 3.23. The molecule has 1 aliphatic heterocycles. The zero-order valence-electron chi connectivity index (χ0n) is 13.1. The van der Waals surface area contributed by atoms with E-state index in [-0.39, 0.29) is 0 Å². The number of imidazole rings is 1. The van der Waals surface area contributed by atoms with E-state index >= 15 is 0 Å². The zero-order valence-corrected chi connectivity index (χ0v) is 13.1. The molecule has 3 atom stereocenters. The van der Waals surface area contributed by atoms with Crippen LogP contribution < -0.4 is 0 Å². The molecule has 3 nitrogen and oxygen atoms in total. The van der Waals surface area contributed by atoms with Crippen molar-refractivity contribution in [2.45, 2.75) is 32.9 Å². The standard InChI is InChI=1S/C18H23N3/c1-12-13(2)20(3)17(19-12)11-21-10-15-9-16(15)18(21)14-7-5-4-6-8-14/h4-8,15-16,18H,9-11H2,1-3H3/t15-,16-,18-/m0/s1. The zero-order chi connectivity index (χ0) is 14.6. The van der Waals surface area contributed by atoms with Crippen LogP contribution in [0.4, 0.5) is 0 Å². The number of aromatic nitrogens is 2. The summed E-state index contributed by atoms with van der Waals surface area (Å²) in [5.41, 5.74) is 3.92. The normalized spacial score (nSPS) is 27.9. The van der Waals surface area contributed by atoms with Crippen molar-refractivity contribution in [3.05, 3.63) is 53.1 Å². The van der Waals surface area contributed by atoms with Crippen LogP contribution in [0.5, 0.6) is 0 Å². The first kappa shape index (κ1) is 13.1. The van der Waals surface area contributed by atoms with Gasteiger partial charge >= 0.3 is 0 Å². The Balaban J connectivity index is 1.61. The molecule has 2 aromatic rings. The van der Waals surface area contributed by atoms with Crippen molar-refractivity contribution >= 4 is 0 Å². The van der Waals surface area contributed by atoms with Crippen molar-refractivity contribution in [3.8, 4) is 0 Å². The van der Waals surface area contributed by atoms with Gasteiger partial charge in [-0.05, 0) is 37.7 Å². The molecule has 21 heavy (non-hydrogen) atoms. The van der Waals surface area contributed by atoms with E-state index < -0.39 is 0 Å². The van der Waals surface area contributed by atoms with Crippen molar-refractivity contribution in [2.24, 2.45) is 18.9 Å². The van der Waals surface area contributed by atoms with Gasteiger partial charge in [-0.25, -0.2) is 4.98 Å². The van der Waals surface area contributed by atoms with Gasteiger partial charge < -0.3 is 4.57 Å². The summed E-state index contributed by atoms with van der Waals surface area (Å²) in [6.07, 6.45) is 1.41. The highest BCUT2D eigenvalue weighted by atomic mass is 15.2. The molecular formula is C18H23N3. The highest BCUT2D eigenvalue weighted by molar-refractivity contribution is 5.25. The van der Waals surface area contributed by atoms with E-state index in [1.54, 1.807) is 0 Å². The van der Waals surface area contributed by atoms with Crippen molar-refractivity contribution in [1.29, 1.82) is 0 Å². The van der Waals surface area contributed by atoms with Gasteiger partial charge in [-0.2, -0.15) is 0 Å². The minimum Gasteiger partial charge on any atom is -0.334 e. The number of piperidine rings is 1. The number of rotatable bonds is 3. The van der Waals surface area contributed by atoms with Crippen LogP contribution in [0.15, 0.2) is 30.3 Å². The summed E-state index contributed by atoms with van der Waals surface area (Å²) in [4.78, 5) is 7.40. The molecule has 1 aliphatic carbocycles. The second kappa shape index (κ2) is 4.70. The van der Waals surface area contributed by atoms with Crippen LogP contribution in [-0.4, -0.2) is 21.0 Å². The molecule has 0 radical (unpaired) electrons. The lowest BCUT2D eigenvalue weighted by atomic mass is 10.0. The molecule has 1 aromatic heterocycles. The Bertz CT molecular complexity index is 659. The van der Waals surface area contributed by atoms with Gasteiger partial charge in [0.15, 0.2) is 0 Å². The summed E-state index contributed by atoms with van der Waals surface area (Å²) in [7, 11) is 2.14. The highest BCUT2D eigenvalue weighted by Gasteiger charge is 2.52. The van der Waals surface area contributed by atoms with Gasteiger partial charge in [0.1, 0.15) is 5.82 Å². The maximum atomic E-state index is 4.76. The third-order valence-electron chi connectivity index (χ3n) is 5.44. The molecule has 0 unspecified atom stereocenters. The SMILES string of the molecule is Cc1nc(CN2C[C@@H]3C[C@@H]3[C@@H]2c2ccccc2)n(C)c1C. The fourth-order valence-corrected chi connectivity index (χ4v) is 3.93. The minimum atomic E-state index is 0.591. The Hall–Kier alpha value is -1.61. The number of hydrogen-bond acceptors (Lipinski definition) is 2. The first-order valence-corrected chi connectivity index (χ1v) is 7.93. The Morgan fingerprint density at radius 2 is 1.95 bits per heavy atom. The lowest BCUT2D eigenvalue weighted by molar-refractivity contribution is 0.206. The topological polar surface area (TPSA) is 21.1 Å². The summed E-state index contributed by atoms with van der Waals surface area (Å²) in [6, 6.07) is 11.6. The molecule has 0 spiro atoms. The molecule has 2 fully saturated rings. The smallest absolute Gasteiger partial charge is 0.123 e. The predicted molar refractivity (Wildman–Crippen MR) is 83.9 cm³/mol. The molecule has 0 N–H and O–H groups in total. The second-order valence-corrected chi connectivity index (χ2v) is 6.70. The lowest BCUT2D eigenvalue weighted by Gasteiger charge is -2.27. The van der Waals surface area contributed by atoms with Crippen molar-refractivity contribution in [1.82, 2.24) is 14.5 Å². The number of benzene rings is 1. The largest absolute Gasteiger partial charge is 0.334 e. The van der Waals surface area contributed by atoms with E-state index in [0.717, 1.165) is 24.1 Å². The van der Waals surface area contributed by atoms with E-state index in [4.69, 9.17) is 4.98 Å². The summed E-state index contributed by atoms with van der Waals surface area (Å²) in [5, 5.41) is 0. The number of hydrogen-bond donors (Lipinski definition) is 0. The molecule has 4 rings (SSSR count). The van der Waals surface area contributed by atoms with Gasteiger partial charge in [0.25, 0.3) is 0 Å². The Kier molecular flexibility index (Phi) is 2.93. The first-order valence-electron chi connectivity index (χ1n) is 7.93. The molecular weight excluding hydrogens is 258 g/mol. The van der Waals surface area contributed by atoms with E-state index in [2.05, 4.69) is 60.7 Å². The first-order chi connectivity index (χ1) is 10.1. The van der Waals surface area contributed by atoms with Crippen LogP contribution in [0.25, 0.3) is 0 Å². The van der Waals surface area contributed by atoms with Crippen LogP contribution in [0.3, 0.4) is 0 Å². The van der Waals surface area contributed by atoms with Gasteiger partial charge in [-0.15, -0.1) is 0 Å². The van der Waals surface area contributed by atoms with Gasteiger partial charge in [-0.1, -0.05) is 30.3 Å². The van der Waals surface area contributed by atoms with E-state index in [9.17, 15) is 0 Å². The maximum absolute atomic E-state index is 4.76. The average Bonchev–Trinajstić information content (AvgIpc) is 3.10. The molecule has 1 saturated carbocycles. The highest BCUT2D eigenvalue weighted by Crippen LogP contribution is 2.56. The number of aryl methyl sites for hydroxylation is 1. The molecule has 2 heterocycles. The van der Waals surface area contributed by atoms with E-state index in [1.807, 2.05) is 0 Å². The maximum Gasteiger partial charge on any atom is 0.123 e. The van der Waals surface area contributed by atoms with Crippen LogP contribution in [0.2, 0.25) is 0 Å². The molecule has 0 bridgehead atoms. The van der Waals surface area contributed by atoms with E-state index in [1.165, 1.54) is 30.0 Å². The lowest BCUT2D eigenvalue weighted by Crippen LogP contribution is -2.27. The van der Waals surface area contributed by atoms with Crippen LogP contribution in [-0.2, 0) is 13.6 Å².